The van der Waals surface area contributed by atoms with Crippen LogP contribution in [0.4, 0.5) is 0 Å². The second-order valence-electron chi connectivity index (χ2n) is 18.9. The molecule has 0 aromatic carbocycles. The molecule has 0 amide bonds. The molecule has 39 heavy (non-hydrogen) atoms. The summed E-state index contributed by atoms with van der Waals surface area (Å²) in [5.74, 6) is 1.78. The number of hydrogen-bond acceptors (Lipinski definition) is 4. The van der Waals surface area contributed by atoms with E-state index in [1.54, 1.807) is 0 Å². The minimum absolute atomic E-state index is 0.337. The molecule has 234 valence electrons. The predicted octanol–water partition coefficient (Wildman–Crippen LogP) is 8.12. The smallest absolute Gasteiger partial charge is 0.0126 e. The lowest BCUT2D eigenvalue weighted by atomic mass is 9.74. The molecule has 0 bridgehead atoms. The normalized spacial score (nSPS) is 24.0. The molecule has 3 aliphatic rings. The molecule has 0 saturated carbocycles. The lowest BCUT2D eigenvalue weighted by Gasteiger charge is -2.52. The summed E-state index contributed by atoms with van der Waals surface area (Å²) in [4.78, 5) is 10.3. The Bertz CT molecular complexity index is 641. The topological polar surface area (TPSA) is 13.0 Å². The van der Waals surface area contributed by atoms with Gasteiger partial charge in [0, 0.05) is 68.0 Å². The van der Waals surface area contributed by atoms with Crippen molar-refractivity contribution in [3.63, 3.8) is 0 Å². The Morgan fingerprint density at radius 2 is 0.615 bits per heavy atom. The van der Waals surface area contributed by atoms with Crippen molar-refractivity contribution in [3.8, 4) is 0 Å². The molecule has 3 saturated heterocycles. The molecule has 1 atom stereocenters. The Morgan fingerprint density at radius 3 is 0.821 bits per heavy atom. The van der Waals surface area contributed by atoms with E-state index in [2.05, 4.69) is 144 Å². The summed E-state index contributed by atoms with van der Waals surface area (Å²) in [7, 11) is 0. The van der Waals surface area contributed by atoms with Gasteiger partial charge in [0.2, 0.25) is 0 Å². The van der Waals surface area contributed by atoms with Crippen LogP contribution in [0.1, 0.15) is 131 Å². The Labute approximate surface area is 247 Å². The van der Waals surface area contributed by atoms with E-state index in [1.165, 1.54) is 58.8 Å². The third kappa shape index (κ3) is 12.3. The summed E-state index contributed by atoms with van der Waals surface area (Å²) in [6.07, 6.45) is 1.38. The van der Waals surface area contributed by atoms with E-state index in [9.17, 15) is 0 Å². The molecule has 4 heteroatoms. The van der Waals surface area contributed by atoms with E-state index in [-0.39, 0.29) is 0 Å². The van der Waals surface area contributed by atoms with Gasteiger partial charge in [-0.2, -0.15) is 0 Å². The van der Waals surface area contributed by atoms with Crippen molar-refractivity contribution in [1.82, 2.24) is 19.6 Å². The highest BCUT2D eigenvalue weighted by molar-refractivity contribution is 4.93. The lowest BCUT2D eigenvalue weighted by Crippen LogP contribution is -2.59. The van der Waals surface area contributed by atoms with Crippen LogP contribution in [0.25, 0.3) is 0 Å². The Balaban J connectivity index is 0.000000293. The first-order valence-electron chi connectivity index (χ1n) is 16.1. The third-order valence-electron chi connectivity index (χ3n) is 9.59. The SMILES string of the molecule is CC(C)(C)C1CCN(C(C)(C)C)C1.CC(C)(C)C1CN(C(C)(C)C)C1.CC(C)(C)N1CCN(C(C)(C)C)CC1. The molecular weight excluding hydrogens is 476 g/mol. The first-order valence-corrected chi connectivity index (χ1v) is 16.1. The van der Waals surface area contributed by atoms with Gasteiger partial charge in [-0.05, 0) is 119 Å². The highest BCUT2D eigenvalue weighted by Crippen LogP contribution is 2.37. The molecule has 0 radical (unpaired) electrons. The quantitative estimate of drug-likeness (QED) is 0.302. The van der Waals surface area contributed by atoms with Gasteiger partial charge in [0.15, 0.2) is 0 Å². The zero-order chi connectivity index (χ0) is 30.8. The maximum absolute atomic E-state index is 2.61. The first kappa shape index (κ1) is 36.9. The lowest BCUT2D eigenvalue weighted by molar-refractivity contribution is -0.0345. The maximum atomic E-state index is 2.61. The van der Waals surface area contributed by atoms with Crippen LogP contribution < -0.4 is 0 Å². The molecule has 3 fully saturated rings. The molecular formula is C35H74N4. The van der Waals surface area contributed by atoms with Crippen LogP contribution in [0.5, 0.6) is 0 Å². The van der Waals surface area contributed by atoms with Crippen molar-refractivity contribution in [1.29, 1.82) is 0 Å². The highest BCUT2D eigenvalue weighted by atomic mass is 15.3. The molecule has 3 aliphatic heterocycles. The van der Waals surface area contributed by atoms with Gasteiger partial charge >= 0.3 is 0 Å². The van der Waals surface area contributed by atoms with Gasteiger partial charge in [-0.25, -0.2) is 0 Å². The van der Waals surface area contributed by atoms with Crippen LogP contribution in [-0.2, 0) is 0 Å². The van der Waals surface area contributed by atoms with E-state index in [0.717, 1.165) is 11.8 Å². The minimum Gasteiger partial charge on any atom is -0.298 e. The second kappa shape index (κ2) is 13.0. The Morgan fingerprint density at radius 1 is 0.333 bits per heavy atom. The van der Waals surface area contributed by atoms with Gasteiger partial charge in [0.25, 0.3) is 0 Å². The molecule has 4 nitrogen and oxygen atoms in total. The standard InChI is InChI=1S/C12H26N2.C12H25N.C11H23N/c1-11(2,3)13-7-9-14(10-8-13)12(4,5)6;1-11(2,3)10-7-8-13(9-10)12(4,5)6;1-10(2,3)9-7-12(8-9)11(4,5)6/h7-10H2,1-6H3;10H,7-9H2,1-6H3;9H,7-8H2,1-6H3. The van der Waals surface area contributed by atoms with Crippen molar-refractivity contribution >= 4 is 0 Å². The van der Waals surface area contributed by atoms with Gasteiger partial charge in [-0.3, -0.25) is 19.6 Å². The van der Waals surface area contributed by atoms with E-state index in [1.807, 2.05) is 0 Å². The molecule has 0 aromatic rings. The van der Waals surface area contributed by atoms with E-state index < -0.39 is 0 Å². The Kier molecular flexibility index (Phi) is 12.3. The summed E-state index contributed by atoms with van der Waals surface area (Å²) in [6.45, 7) is 51.8. The highest BCUT2D eigenvalue weighted by Gasteiger charge is 2.40. The van der Waals surface area contributed by atoms with Crippen molar-refractivity contribution < 1.29 is 0 Å². The minimum atomic E-state index is 0.337. The average molecular weight is 551 g/mol. The van der Waals surface area contributed by atoms with Gasteiger partial charge in [0.1, 0.15) is 0 Å². The summed E-state index contributed by atoms with van der Waals surface area (Å²) in [5, 5.41) is 0. The van der Waals surface area contributed by atoms with Crippen molar-refractivity contribution in [3.05, 3.63) is 0 Å². The summed E-state index contributed by atoms with van der Waals surface area (Å²) >= 11 is 0. The van der Waals surface area contributed by atoms with Gasteiger partial charge in [-0.1, -0.05) is 41.5 Å². The summed E-state index contributed by atoms with van der Waals surface area (Å²) in [6, 6.07) is 0. The molecule has 3 heterocycles. The molecule has 0 N–H and O–H groups in total. The average Bonchev–Trinajstić information content (AvgIpc) is 3.15. The third-order valence-corrected chi connectivity index (χ3v) is 9.59. The van der Waals surface area contributed by atoms with Crippen LogP contribution in [0, 0.1) is 22.7 Å². The molecule has 0 aliphatic carbocycles. The maximum Gasteiger partial charge on any atom is 0.0126 e. The largest absolute Gasteiger partial charge is 0.298 e. The number of nitrogens with zero attached hydrogens (tertiary/aromatic N) is 4. The fraction of sp³-hybridized carbons (Fsp3) is 1.00. The van der Waals surface area contributed by atoms with Crippen LogP contribution in [0.15, 0.2) is 0 Å². The number of rotatable bonds is 0. The molecule has 0 spiro atoms. The van der Waals surface area contributed by atoms with Crippen LogP contribution in [-0.4, -0.2) is 94.1 Å². The van der Waals surface area contributed by atoms with Crippen molar-refractivity contribution in [2.75, 3.05) is 52.4 Å². The zero-order valence-electron chi connectivity index (χ0n) is 30.3. The molecule has 1 unspecified atom stereocenters. The van der Waals surface area contributed by atoms with Crippen LogP contribution in [0.2, 0.25) is 0 Å². The van der Waals surface area contributed by atoms with E-state index in [0.29, 0.717) is 33.0 Å². The monoisotopic (exact) mass is 551 g/mol. The predicted molar refractivity (Wildman–Crippen MR) is 176 cm³/mol. The second-order valence-corrected chi connectivity index (χ2v) is 18.9. The van der Waals surface area contributed by atoms with Gasteiger partial charge in [-0.15, -0.1) is 0 Å². The van der Waals surface area contributed by atoms with Crippen LogP contribution in [0.3, 0.4) is 0 Å². The van der Waals surface area contributed by atoms with Crippen molar-refractivity contribution in [2.45, 2.75) is 153 Å². The van der Waals surface area contributed by atoms with Gasteiger partial charge in [0.05, 0.1) is 0 Å². The van der Waals surface area contributed by atoms with E-state index in [4.69, 9.17) is 0 Å². The fourth-order valence-corrected chi connectivity index (χ4v) is 5.70. The van der Waals surface area contributed by atoms with Crippen LogP contribution >= 0.6 is 0 Å². The summed E-state index contributed by atoms with van der Waals surface area (Å²) < 4.78 is 0. The molecule has 0 aromatic heterocycles. The zero-order valence-corrected chi connectivity index (χ0v) is 30.3. The van der Waals surface area contributed by atoms with Gasteiger partial charge < -0.3 is 0 Å². The molecule has 3 rings (SSSR count). The first-order chi connectivity index (χ1) is 17.1. The van der Waals surface area contributed by atoms with Crippen molar-refractivity contribution in [2.24, 2.45) is 22.7 Å². The number of likely N-dealkylation sites (tertiary alicyclic amines) is 2. The Hall–Kier alpha value is -0.160. The fourth-order valence-electron chi connectivity index (χ4n) is 5.70. The van der Waals surface area contributed by atoms with E-state index >= 15 is 0 Å². The number of piperazine rings is 1. The number of hydrogen-bond donors (Lipinski definition) is 0. The summed E-state index contributed by atoms with van der Waals surface area (Å²) in [5.41, 5.74) is 2.40.